The molecule has 12 heavy (non-hydrogen) atoms. The highest BCUT2D eigenvalue weighted by Crippen LogP contribution is 2.15. The molecule has 0 spiro atoms. The largest absolute Gasteiger partial charge is 0.387 e. The molecule has 1 nitrogen and oxygen atoms in total. The first-order chi connectivity index (χ1) is 5.77. The van der Waals surface area contributed by atoms with Crippen LogP contribution in [-0.4, -0.2) is 11.0 Å². The molecule has 0 saturated carbocycles. The summed E-state index contributed by atoms with van der Waals surface area (Å²) in [6, 6.07) is 7.88. The minimum absolute atomic E-state index is 0.257. The van der Waals surface area contributed by atoms with Crippen molar-refractivity contribution in [1.82, 2.24) is 0 Å². The number of hydrogen-bond donors (Lipinski definition) is 1. The number of aliphatic hydroxyl groups excluding tert-OH is 1. The molecule has 1 rings (SSSR count). The van der Waals surface area contributed by atoms with Crippen LogP contribution in [0.15, 0.2) is 24.3 Å². The highest BCUT2D eigenvalue weighted by Gasteiger charge is 2.04. The predicted molar refractivity (Wildman–Crippen MR) is 51.5 cm³/mol. The first-order valence-electron chi connectivity index (χ1n) is 4.10. The van der Waals surface area contributed by atoms with Crippen LogP contribution in [0, 0.1) is 0 Å². The summed E-state index contributed by atoms with van der Waals surface area (Å²) in [5.74, 6) is 0.257. The van der Waals surface area contributed by atoms with Gasteiger partial charge >= 0.3 is 0 Å². The summed E-state index contributed by atoms with van der Waals surface area (Å²) < 4.78 is 0. The molecule has 66 valence electrons. The highest BCUT2D eigenvalue weighted by atomic mass is 35.5. The van der Waals surface area contributed by atoms with Gasteiger partial charge in [0, 0.05) is 0 Å². The van der Waals surface area contributed by atoms with Gasteiger partial charge in [-0.25, -0.2) is 0 Å². The van der Waals surface area contributed by atoms with E-state index in [0.29, 0.717) is 0 Å². The summed E-state index contributed by atoms with van der Waals surface area (Å²) in [5.41, 5.74) is 2.14. The van der Waals surface area contributed by atoms with Crippen molar-refractivity contribution in [3.63, 3.8) is 0 Å². The Bertz CT molecular complexity index is 247. The summed E-state index contributed by atoms with van der Waals surface area (Å²) in [6.45, 7) is 2.09. The second kappa shape index (κ2) is 4.48. The Morgan fingerprint density at radius 3 is 2.83 bits per heavy atom. The van der Waals surface area contributed by atoms with Crippen molar-refractivity contribution in [2.75, 3.05) is 5.88 Å². The highest BCUT2D eigenvalue weighted by molar-refractivity contribution is 6.18. The van der Waals surface area contributed by atoms with Gasteiger partial charge in [-0.2, -0.15) is 0 Å². The first kappa shape index (κ1) is 9.56. The zero-order valence-corrected chi connectivity index (χ0v) is 7.88. The summed E-state index contributed by atoms with van der Waals surface area (Å²) in [7, 11) is 0. The standard InChI is InChI=1S/C10H13ClO/c1-2-8-4-3-5-9(6-8)10(12)7-11/h3-6,10,12H,2,7H2,1H3. The van der Waals surface area contributed by atoms with Gasteiger partial charge in [-0.3, -0.25) is 0 Å². The van der Waals surface area contributed by atoms with Crippen molar-refractivity contribution >= 4 is 11.6 Å². The van der Waals surface area contributed by atoms with Gasteiger partial charge in [-0.1, -0.05) is 31.2 Å². The topological polar surface area (TPSA) is 20.2 Å². The molecule has 0 amide bonds. The fourth-order valence-electron chi connectivity index (χ4n) is 1.11. The molecule has 0 bridgehead atoms. The van der Waals surface area contributed by atoms with Crippen LogP contribution in [0.2, 0.25) is 0 Å². The van der Waals surface area contributed by atoms with Gasteiger partial charge in [0.05, 0.1) is 12.0 Å². The van der Waals surface area contributed by atoms with Gasteiger partial charge < -0.3 is 5.11 Å². The first-order valence-corrected chi connectivity index (χ1v) is 4.64. The van der Waals surface area contributed by atoms with Gasteiger partial charge in [0.15, 0.2) is 0 Å². The number of benzene rings is 1. The lowest BCUT2D eigenvalue weighted by molar-refractivity contribution is 0.202. The number of aryl methyl sites for hydroxylation is 1. The van der Waals surface area contributed by atoms with E-state index in [-0.39, 0.29) is 5.88 Å². The third-order valence-corrected chi connectivity index (χ3v) is 2.18. The van der Waals surface area contributed by atoms with Crippen LogP contribution in [-0.2, 0) is 6.42 Å². The summed E-state index contributed by atoms with van der Waals surface area (Å²) >= 11 is 5.53. The van der Waals surface area contributed by atoms with E-state index >= 15 is 0 Å². The van der Waals surface area contributed by atoms with Crippen LogP contribution in [0.4, 0.5) is 0 Å². The SMILES string of the molecule is CCc1cccc(C(O)CCl)c1. The van der Waals surface area contributed by atoms with Crippen molar-refractivity contribution in [1.29, 1.82) is 0 Å². The molecule has 1 unspecified atom stereocenters. The van der Waals surface area contributed by atoms with Gasteiger partial charge in [-0.05, 0) is 17.5 Å². The predicted octanol–water partition coefficient (Wildman–Crippen LogP) is 2.52. The summed E-state index contributed by atoms with van der Waals surface area (Å²) in [4.78, 5) is 0. The molecule has 0 aliphatic rings. The third kappa shape index (κ3) is 2.23. The monoisotopic (exact) mass is 184 g/mol. The maximum atomic E-state index is 9.42. The quantitative estimate of drug-likeness (QED) is 0.716. The molecule has 0 aliphatic heterocycles. The molecular weight excluding hydrogens is 172 g/mol. The Kier molecular flexibility index (Phi) is 3.57. The number of halogens is 1. The van der Waals surface area contributed by atoms with Crippen molar-refractivity contribution in [2.45, 2.75) is 19.4 Å². The number of hydrogen-bond acceptors (Lipinski definition) is 1. The molecule has 0 aromatic heterocycles. The van der Waals surface area contributed by atoms with Crippen molar-refractivity contribution < 1.29 is 5.11 Å². The maximum absolute atomic E-state index is 9.42. The fourth-order valence-corrected chi connectivity index (χ4v) is 1.29. The summed E-state index contributed by atoms with van der Waals surface area (Å²) in [5, 5.41) is 9.42. The van der Waals surface area contributed by atoms with Crippen LogP contribution in [0.5, 0.6) is 0 Å². The average molecular weight is 185 g/mol. The molecule has 1 aromatic rings. The van der Waals surface area contributed by atoms with E-state index in [0.717, 1.165) is 12.0 Å². The van der Waals surface area contributed by atoms with Crippen molar-refractivity contribution in [2.24, 2.45) is 0 Å². The van der Waals surface area contributed by atoms with E-state index in [1.54, 1.807) is 0 Å². The van der Waals surface area contributed by atoms with Crippen LogP contribution < -0.4 is 0 Å². The fraction of sp³-hybridized carbons (Fsp3) is 0.400. The molecule has 1 atom stereocenters. The maximum Gasteiger partial charge on any atom is 0.0925 e. The molecule has 1 N–H and O–H groups in total. The van der Waals surface area contributed by atoms with E-state index < -0.39 is 6.10 Å². The van der Waals surface area contributed by atoms with Crippen LogP contribution >= 0.6 is 11.6 Å². The average Bonchev–Trinajstić information content (AvgIpc) is 2.17. The van der Waals surface area contributed by atoms with Gasteiger partial charge in [0.2, 0.25) is 0 Å². The lowest BCUT2D eigenvalue weighted by Gasteiger charge is -2.07. The molecule has 0 aliphatic carbocycles. The molecular formula is C10H13ClO. The molecule has 0 radical (unpaired) electrons. The summed E-state index contributed by atoms with van der Waals surface area (Å²) in [6.07, 6.45) is 0.459. The Morgan fingerprint density at radius 1 is 1.50 bits per heavy atom. The molecule has 1 aromatic carbocycles. The Hall–Kier alpha value is -0.530. The zero-order valence-electron chi connectivity index (χ0n) is 7.13. The number of aliphatic hydroxyl groups is 1. The van der Waals surface area contributed by atoms with Gasteiger partial charge in [0.1, 0.15) is 0 Å². The number of rotatable bonds is 3. The van der Waals surface area contributed by atoms with Gasteiger partial charge in [-0.15, -0.1) is 11.6 Å². The number of alkyl halides is 1. The lowest BCUT2D eigenvalue weighted by Crippen LogP contribution is -1.98. The van der Waals surface area contributed by atoms with Crippen molar-refractivity contribution in [3.8, 4) is 0 Å². The Labute approximate surface area is 78.0 Å². The van der Waals surface area contributed by atoms with E-state index in [9.17, 15) is 5.11 Å². The van der Waals surface area contributed by atoms with Crippen molar-refractivity contribution in [3.05, 3.63) is 35.4 Å². The Morgan fingerprint density at radius 2 is 2.25 bits per heavy atom. The minimum atomic E-state index is -0.529. The third-order valence-electron chi connectivity index (χ3n) is 1.89. The molecule has 0 heterocycles. The van der Waals surface area contributed by atoms with Crippen LogP contribution in [0.25, 0.3) is 0 Å². The smallest absolute Gasteiger partial charge is 0.0925 e. The lowest BCUT2D eigenvalue weighted by atomic mass is 10.1. The zero-order chi connectivity index (χ0) is 8.97. The van der Waals surface area contributed by atoms with Gasteiger partial charge in [0.25, 0.3) is 0 Å². The van der Waals surface area contributed by atoms with E-state index in [2.05, 4.69) is 6.92 Å². The second-order valence-electron chi connectivity index (χ2n) is 2.77. The molecule has 0 saturated heterocycles. The Balaban J connectivity index is 2.86. The van der Waals surface area contributed by atoms with E-state index in [4.69, 9.17) is 11.6 Å². The van der Waals surface area contributed by atoms with E-state index in [1.165, 1.54) is 5.56 Å². The minimum Gasteiger partial charge on any atom is -0.387 e. The van der Waals surface area contributed by atoms with Crippen LogP contribution in [0.1, 0.15) is 24.2 Å². The van der Waals surface area contributed by atoms with E-state index in [1.807, 2.05) is 24.3 Å². The molecule has 2 heteroatoms. The molecule has 0 fully saturated rings. The second-order valence-corrected chi connectivity index (χ2v) is 3.08. The van der Waals surface area contributed by atoms with Crippen LogP contribution in [0.3, 0.4) is 0 Å². The normalized spacial score (nSPS) is 12.9.